The van der Waals surface area contributed by atoms with E-state index in [2.05, 4.69) is 4.98 Å². The van der Waals surface area contributed by atoms with Gasteiger partial charge >= 0.3 is 0 Å². The van der Waals surface area contributed by atoms with Gasteiger partial charge in [0.05, 0.1) is 5.69 Å². The quantitative estimate of drug-likeness (QED) is 0.669. The molecule has 0 aliphatic heterocycles. The molecule has 0 saturated carbocycles. The predicted octanol–water partition coefficient (Wildman–Crippen LogP) is -0.289. The van der Waals surface area contributed by atoms with Crippen molar-refractivity contribution >= 4 is 5.65 Å². The minimum absolute atomic E-state index is 0. The zero-order valence-corrected chi connectivity index (χ0v) is 10.5. The molecule has 0 bridgehead atoms. The Bertz CT molecular complexity index is 598. The molecule has 17 heavy (non-hydrogen) atoms. The summed E-state index contributed by atoms with van der Waals surface area (Å²) in [5.74, 6) is 0.271. The smallest absolute Gasteiger partial charge is 0.137 e. The molecule has 0 unspecified atom stereocenters. The topological polar surface area (TPSA) is 37.5 Å². The fraction of sp³-hybridized carbons (Fsp3) is 0. The van der Waals surface area contributed by atoms with Crippen LogP contribution < -0.4 is 17.0 Å². The van der Waals surface area contributed by atoms with Gasteiger partial charge in [-0.25, -0.2) is 4.98 Å². The first-order valence-corrected chi connectivity index (χ1v) is 5.06. The van der Waals surface area contributed by atoms with Crippen LogP contribution in [-0.4, -0.2) is 14.5 Å². The summed E-state index contributed by atoms with van der Waals surface area (Å²) in [4.78, 5) is 4.49. The Hall–Kier alpha value is -1.81. The monoisotopic (exact) mass is 289 g/mol. The van der Waals surface area contributed by atoms with Gasteiger partial charge in [0.1, 0.15) is 11.4 Å². The van der Waals surface area contributed by atoms with Crippen molar-refractivity contribution in [2.75, 3.05) is 0 Å². The fourth-order valence-corrected chi connectivity index (χ4v) is 1.71. The molecule has 0 atom stereocenters. The van der Waals surface area contributed by atoms with E-state index in [1.54, 1.807) is 12.1 Å². The van der Waals surface area contributed by atoms with Crippen LogP contribution in [0.3, 0.4) is 0 Å². The predicted molar refractivity (Wildman–Crippen MR) is 62.3 cm³/mol. The number of hydrogen-bond donors (Lipinski definition) is 1. The summed E-state index contributed by atoms with van der Waals surface area (Å²) in [6.45, 7) is 0. The third kappa shape index (κ3) is 2.17. The van der Waals surface area contributed by atoms with Crippen LogP contribution in [0.2, 0.25) is 0 Å². The van der Waals surface area contributed by atoms with Gasteiger partial charge in [-0.05, 0) is 36.4 Å². The van der Waals surface area contributed by atoms with Gasteiger partial charge in [0.25, 0.3) is 0 Å². The Balaban J connectivity index is 0.00000108. The van der Waals surface area contributed by atoms with Crippen LogP contribution in [-0.2, 0) is 0 Å². The minimum Gasteiger partial charge on any atom is -1.00 e. The van der Waals surface area contributed by atoms with E-state index in [1.807, 2.05) is 47.1 Å². The van der Waals surface area contributed by atoms with Gasteiger partial charge in [0.15, 0.2) is 0 Å². The van der Waals surface area contributed by atoms with Crippen molar-refractivity contribution in [3.05, 3.63) is 54.9 Å². The molecule has 2 aromatic heterocycles. The van der Waals surface area contributed by atoms with Gasteiger partial charge in [-0.2, -0.15) is 0 Å². The molecule has 0 radical (unpaired) electrons. The number of benzene rings is 1. The van der Waals surface area contributed by atoms with Gasteiger partial charge < -0.3 is 26.5 Å². The molecule has 3 nitrogen and oxygen atoms in total. The van der Waals surface area contributed by atoms with Crippen molar-refractivity contribution < 1.29 is 22.1 Å². The highest BCUT2D eigenvalue weighted by molar-refractivity contribution is 5.63. The van der Waals surface area contributed by atoms with Crippen molar-refractivity contribution in [1.82, 2.24) is 9.38 Å². The van der Waals surface area contributed by atoms with Gasteiger partial charge in [-0.1, -0.05) is 6.07 Å². The SMILES string of the molecule is Oc1ccc(-c2cn3ccccc3n2)cc1.[Br-]. The third-order valence-corrected chi connectivity index (χ3v) is 2.53. The summed E-state index contributed by atoms with van der Waals surface area (Å²) in [5.41, 5.74) is 2.83. The van der Waals surface area contributed by atoms with Crippen LogP contribution in [0.4, 0.5) is 0 Å². The maximum atomic E-state index is 9.22. The van der Waals surface area contributed by atoms with E-state index >= 15 is 0 Å². The van der Waals surface area contributed by atoms with E-state index in [0.717, 1.165) is 16.9 Å². The molecular formula is C13H10BrN2O-. The highest BCUT2D eigenvalue weighted by Crippen LogP contribution is 2.21. The Morgan fingerprint density at radius 2 is 1.76 bits per heavy atom. The Labute approximate surface area is 109 Å². The lowest BCUT2D eigenvalue weighted by Crippen LogP contribution is -3.00. The molecular weight excluding hydrogens is 280 g/mol. The largest absolute Gasteiger partial charge is 1.00 e. The molecule has 1 aromatic carbocycles. The summed E-state index contributed by atoms with van der Waals surface area (Å²) in [5, 5.41) is 9.22. The Kier molecular flexibility index (Phi) is 3.15. The number of halogens is 1. The van der Waals surface area contributed by atoms with E-state index in [1.165, 1.54) is 0 Å². The number of rotatable bonds is 1. The first kappa shape index (κ1) is 11.7. The Morgan fingerprint density at radius 3 is 2.47 bits per heavy atom. The molecule has 0 spiro atoms. The number of pyridine rings is 1. The number of phenols is 1. The maximum absolute atomic E-state index is 9.22. The van der Waals surface area contributed by atoms with E-state index in [-0.39, 0.29) is 22.7 Å². The molecule has 1 N–H and O–H groups in total. The number of imidazole rings is 1. The molecule has 0 amide bonds. The van der Waals surface area contributed by atoms with Crippen molar-refractivity contribution in [1.29, 1.82) is 0 Å². The number of hydrogen-bond acceptors (Lipinski definition) is 2. The Morgan fingerprint density at radius 1 is 1.00 bits per heavy atom. The standard InChI is InChI=1S/C13H10N2O.BrH/c16-11-6-4-10(5-7-11)12-9-15-8-2-1-3-13(15)14-12;/h1-9,16H;1H/p-1. The minimum atomic E-state index is 0. The molecule has 0 fully saturated rings. The summed E-state index contributed by atoms with van der Waals surface area (Å²) in [6.07, 6.45) is 3.94. The second-order valence-electron chi connectivity index (χ2n) is 3.64. The molecule has 3 rings (SSSR count). The third-order valence-electron chi connectivity index (χ3n) is 2.53. The van der Waals surface area contributed by atoms with Crippen LogP contribution >= 0.6 is 0 Å². The van der Waals surface area contributed by atoms with Crippen molar-refractivity contribution in [3.63, 3.8) is 0 Å². The van der Waals surface area contributed by atoms with E-state index in [9.17, 15) is 5.11 Å². The second-order valence-corrected chi connectivity index (χ2v) is 3.64. The van der Waals surface area contributed by atoms with Crippen molar-refractivity contribution in [2.24, 2.45) is 0 Å². The van der Waals surface area contributed by atoms with Crippen LogP contribution in [0.1, 0.15) is 0 Å². The lowest BCUT2D eigenvalue weighted by molar-refractivity contribution is -0.00000428. The molecule has 0 aliphatic carbocycles. The van der Waals surface area contributed by atoms with Gasteiger partial charge in [-0.15, -0.1) is 0 Å². The van der Waals surface area contributed by atoms with Crippen LogP contribution in [0.15, 0.2) is 54.9 Å². The lowest BCUT2D eigenvalue weighted by Gasteiger charge is -1.95. The van der Waals surface area contributed by atoms with Gasteiger partial charge in [0, 0.05) is 18.0 Å². The molecule has 2 heterocycles. The average Bonchev–Trinajstić information content (AvgIpc) is 2.73. The average molecular weight is 290 g/mol. The molecule has 0 aliphatic rings. The number of aromatic nitrogens is 2. The van der Waals surface area contributed by atoms with E-state index in [0.29, 0.717) is 0 Å². The molecule has 0 saturated heterocycles. The first-order valence-electron chi connectivity index (χ1n) is 5.06. The van der Waals surface area contributed by atoms with Crippen LogP contribution in [0, 0.1) is 0 Å². The van der Waals surface area contributed by atoms with E-state index < -0.39 is 0 Å². The normalized spacial score (nSPS) is 10.1. The molecule has 3 aromatic rings. The van der Waals surface area contributed by atoms with Crippen LogP contribution in [0.25, 0.3) is 16.9 Å². The summed E-state index contributed by atoms with van der Waals surface area (Å²) < 4.78 is 1.97. The number of fused-ring (bicyclic) bond motifs is 1. The van der Waals surface area contributed by atoms with E-state index in [4.69, 9.17) is 0 Å². The summed E-state index contributed by atoms with van der Waals surface area (Å²) in [6, 6.07) is 12.9. The zero-order valence-electron chi connectivity index (χ0n) is 8.92. The van der Waals surface area contributed by atoms with Gasteiger partial charge in [-0.3, -0.25) is 0 Å². The number of nitrogens with zero attached hydrogens (tertiary/aromatic N) is 2. The van der Waals surface area contributed by atoms with Crippen molar-refractivity contribution in [3.8, 4) is 17.0 Å². The molecule has 86 valence electrons. The first-order chi connectivity index (χ1) is 7.83. The summed E-state index contributed by atoms with van der Waals surface area (Å²) in [7, 11) is 0. The highest BCUT2D eigenvalue weighted by Gasteiger charge is 2.03. The maximum Gasteiger partial charge on any atom is 0.137 e. The number of aromatic hydroxyl groups is 1. The summed E-state index contributed by atoms with van der Waals surface area (Å²) >= 11 is 0. The zero-order chi connectivity index (χ0) is 11.0. The van der Waals surface area contributed by atoms with Gasteiger partial charge in [0.2, 0.25) is 0 Å². The van der Waals surface area contributed by atoms with Crippen molar-refractivity contribution in [2.45, 2.75) is 0 Å². The fourth-order valence-electron chi connectivity index (χ4n) is 1.71. The highest BCUT2D eigenvalue weighted by atomic mass is 79.9. The second kappa shape index (κ2) is 4.59. The number of phenolic OH excluding ortho intramolecular Hbond substituents is 1. The lowest BCUT2D eigenvalue weighted by atomic mass is 10.2. The van der Waals surface area contributed by atoms with Crippen LogP contribution in [0.5, 0.6) is 5.75 Å². The molecule has 4 heteroatoms.